The first-order valence-corrected chi connectivity index (χ1v) is 7.13. The van der Waals surface area contributed by atoms with E-state index in [1.54, 1.807) is 0 Å². The lowest BCUT2D eigenvalue weighted by molar-refractivity contribution is -0.113. The average Bonchev–Trinajstić information content (AvgIpc) is 2.48. The number of hydrogen-bond donors (Lipinski definition) is 0. The fraction of sp³-hybridized carbons (Fsp3) is 0.211. The van der Waals surface area contributed by atoms with Crippen molar-refractivity contribution in [3.8, 4) is 0 Å². The normalized spacial score (nSPS) is 14.4. The van der Waals surface area contributed by atoms with Crippen LogP contribution in [-0.2, 0) is 17.6 Å². The van der Waals surface area contributed by atoms with E-state index in [0.29, 0.717) is 6.42 Å². The third-order valence-corrected chi connectivity index (χ3v) is 4.09. The van der Waals surface area contributed by atoms with Crippen molar-refractivity contribution < 1.29 is 4.79 Å². The van der Waals surface area contributed by atoms with Crippen LogP contribution in [0.2, 0.25) is 0 Å². The Labute approximate surface area is 120 Å². The quantitative estimate of drug-likeness (QED) is 0.788. The van der Waals surface area contributed by atoms with Gasteiger partial charge >= 0.3 is 0 Å². The molecule has 1 aliphatic rings. The minimum absolute atomic E-state index is 0.238. The van der Waals surface area contributed by atoms with E-state index in [-0.39, 0.29) is 5.78 Å². The molecule has 1 nitrogen and oxygen atoms in total. The third kappa shape index (κ3) is 2.00. The molecule has 0 aromatic heterocycles. The Kier molecular flexibility index (Phi) is 3.27. The summed E-state index contributed by atoms with van der Waals surface area (Å²) in [5, 5.41) is 0. The van der Waals surface area contributed by atoms with Crippen molar-refractivity contribution in [1.29, 1.82) is 0 Å². The van der Waals surface area contributed by atoms with Crippen LogP contribution in [0.25, 0.3) is 11.1 Å². The molecule has 0 unspecified atom stereocenters. The number of aryl methyl sites for hydroxylation is 1. The van der Waals surface area contributed by atoms with Gasteiger partial charge in [-0.3, -0.25) is 4.79 Å². The van der Waals surface area contributed by atoms with Crippen LogP contribution in [0.1, 0.15) is 36.1 Å². The zero-order valence-electron chi connectivity index (χ0n) is 11.9. The van der Waals surface area contributed by atoms with Crippen molar-refractivity contribution in [3.05, 3.63) is 70.8 Å². The van der Waals surface area contributed by atoms with Crippen LogP contribution in [0.5, 0.6) is 0 Å². The molecule has 0 saturated carbocycles. The number of fused-ring (bicyclic) bond motifs is 1. The molecule has 0 N–H and O–H groups in total. The summed E-state index contributed by atoms with van der Waals surface area (Å²) in [5.74, 6) is 0.238. The van der Waals surface area contributed by atoms with E-state index in [9.17, 15) is 4.79 Å². The van der Waals surface area contributed by atoms with Crippen molar-refractivity contribution in [3.63, 3.8) is 0 Å². The van der Waals surface area contributed by atoms with E-state index in [0.717, 1.165) is 28.7 Å². The van der Waals surface area contributed by atoms with E-state index in [2.05, 4.69) is 38.1 Å². The van der Waals surface area contributed by atoms with Gasteiger partial charge < -0.3 is 0 Å². The molecule has 0 amide bonds. The van der Waals surface area contributed by atoms with Crippen LogP contribution in [0.4, 0.5) is 0 Å². The monoisotopic (exact) mass is 262 g/mol. The first-order valence-electron chi connectivity index (χ1n) is 7.13. The number of carbonyl (C=O) groups excluding carboxylic acids is 1. The molecule has 2 aromatic carbocycles. The van der Waals surface area contributed by atoms with E-state index < -0.39 is 0 Å². The molecular formula is C19H18O. The van der Waals surface area contributed by atoms with Crippen LogP contribution >= 0.6 is 0 Å². The van der Waals surface area contributed by atoms with Gasteiger partial charge in [0.25, 0.3) is 0 Å². The third-order valence-electron chi connectivity index (χ3n) is 4.09. The van der Waals surface area contributed by atoms with Gasteiger partial charge in [-0.15, -0.1) is 0 Å². The van der Waals surface area contributed by atoms with E-state index >= 15 is 0 Å². The second kappa shape index (κ2) is 5.09. The molecule has 0 saturated heterocycles. The predicted molar refractivity (Wildman–Crippen MR) is 83.5 cm³/mol. The van der Waals surface area contributed by atoms with Gasteiger partial charge in [-0.25, -0.2) is 0 Å². The SMILES string of the molecule is CCc1ccccc1C1=C(C)c2ccccc2CC1=O. The fourth-order valence-electron chi connectivity index (χ4n) is 3.07. The Morgan fingerprint density at radius 1 is 0.950 bits per heavy atom. The highest BCUT2D eigenvalue weighted by Crippen LogP contribution is 2.35. The second-order valence-electron chi connectivity index (χ2n) is 5.27. The number of benzene rings is 2. The van der Waals surface area contributed by atoms with Gasteiger partial charge in [0, 0.05) is 12.0 Å². The van der Waals surface area contributed by atoms with Crippen LogP contribution < -0.4 is 0 Å². The van der Waals surface area contributed by atoms with Crippen LogP contribution in [0, 0.1) is 0 Å². The van der Waals surface area contributed by atoms with Crippen LogP contribution in [-0.4, -0.2) is 5.78 Å². The van der Waals surface area contributed by atoms with E-state index in [4.69, 9.17) is 0 Å². The van der Waals surface area contributed by atoms with Crippen molar-refractivity contribution in [2.45, 2.75) is 26.7 Å². The first kappa shape index (κ1) is 12.9. The highest BCUT2D eigenvalue weighted by atomic mass is 16.1. The molecule has 0 radical (unpaired) electrons. The zero-order valence-corrected chi connectivity index (χ0v) is 11.9. The Bertz CT molecular complexity index is 707. The summed E-state index contributed by atoms with van der Waals surface area (Å²) in [6.07, 6.45) is 1.46. The van der Waals surface area contributed by atoms with E-state index in [1.807, 2.05) is 24.3 Å². The molecule has 0 heterocycles. The van der Waals surface area contributed by atoms with Gasteiger partial charge in [-0.1, -0.05) is 55.5 Å². The molecule has 20 heavy (non-hydrogen) atoms. The molecule has 100 valence electrons. The second-order valence-corrected chi connectivity index (χ2v) is 5.27. The smallest absolute Gasteiger partial charge is 0.168 e. The van der Waals surface area contributed by atoms with Crippen LogP contribution in [0.15, 0.2) is 48.5 Å². The summed E-state index contributed by atoms with van der Waals surface area (Å²) < 4.78 is 0. The number of hydrogen-bond acceptors (Lipinski definition) is 1. The highest BCUT2D eigenvalue weighted by molar-refractivity contribution is 6.30. The molecule has 1 aliphatic carbocycles. The van der Waals surface area contributed by atoms with Gasteiger partial charge in [0.05, 0.1) is 0 Å². The van der Waals surface area contributed by atoms with Crippen molar-refractivity contribution in [1.82, 2.24) is 0 Å². The van der Waals surface area contributed by atoms with Crippen molar-refractivity contribution in [2.75, 3.05) is 0 Å². The Balaban J connectivity index is 2.25. The first-order chi connectivity index (χ1) is 9.72. The number of allylic oxidation sites excluding steroid dienone is 2. The number of rotatable bonds is 2. The lowest BCUT2D eigenvalue weighted by atomic mass is 9.81. The van der Waals surface area contributed by atoms with Gasteiger partial charge in [-0.2, -0.15) is 0 Å². The summed E-state index contributed by atoms with van der Waals surface area (Å²) in [5.41, 5.74) is 6.72. The van der Waals surface area contributed by atoms with Gasteiger partial charge in [0.2, 0.25) is 0 Å². The van der Waals surface area contributed by atoms with Crippen molar-refractivity contribution >= 4 is 16.9 Å². The maximum atomic E-state index is 12.6. The maximum Gasteiger partial charge on any atom is 0.168 e. The topological polar surface area (TPSA) is 17.1 Å². The van der Waals surface area contributed by atoms with E-state index in [1.165, 1.54) is 11.1 Å². The molecule has 3 rings (SSSR count). The molecule has 0 spiro atoms. The van der Waals surface area contributed by atoms with Gasteiger partial charge in [0.1, 0.15) is 0 Å². The predicted octanol–water partition coefficient (Wildman–Crippen LogP) is 4.30. The van der Waals surface area contributed by atoms with Crippen molar-refractivity contribution in [2.24, 2.45) is 0 Å². The van der Waals surface area contributed by atoms with Gasteiger partial charge in [-0.05, 0) is 41.2 Å². The fourth-order valence-corrected chi connectivity index (χ4v) is 3.07. The zero-order chi connectivity index (χ0) is 14.1. The highest BCUT2D eigenvalue weighted by Gasteiger charge is 2.24. The number of Topliss-reactive ketones (excluding diaryl/α,β-unsaturated/α-hetero) is 1. The summed E-state index contributed by atoms with van der Waals surface area (Å²) in [7, 11) is 0. The molecule has 0 aliphatic heterocycles. The minimum atomic E-state index is 0.238. The minimum Gasteiger partial charge on any atom is -0.294 e. The molecule has 0 fully saturated rings. The summed E-state index contributed by atoms with van der Waals surface area (Å²) in [6, 6.07) is 16.5. The number of ketones is 1. The molecule has 2 aromatic rings. The molecule has 1 heteroatoms. The standard InChI is InChI=1S/C19H18O/c1-3-14-8-4-7-11-17(14)19-13(2)16-10-6-5-9-15(16)12-18(19)20/h4-11H,3,12H2,1-2H3. The average molecular weight is 262 g/mol. The summed E-state index contributed by atoms with van der Waals surface area (Å²) in [6.45, 7) is 4.20. The summed E-state index contributed by atoms with van der Waals surface area (Å²) >= 11 is 0. The molecule has 0 bridgehead atoms. The van der Waals surface area contributed by atoms with Gasteiger partial charge in [0.15, 0.2) is 5.78 Å². The van der Waals surface area contributed by atoms with Crippen LogP contribution in [0.3, 0.4) is 0 Å². The largest absolute Gasteiger partial charge is 0.294 e. The lowest BCUT2D eigenvalue weighted by Crippen LogP contribution is -2.15. The Morgan fingerprint density at radius 2 is 1.60 bits per heavy atom. The Hall–Kier alpha value is -2.15. The lowest BCUT2D eigenvalue weighted by Gasteiger charge is -2.22. The maximum absolute atomic E-state index is 12.6. The summed E-state index contributed by atoms with van der Waals surface area (Å²) in [4.78, 5) is 12.6. The Morgan fingerprint density at radius 3 is 2.35 bits per heavy atom. The number of carbonyl (C=O) groups is 1. The molecular weight excluding hydrogens is 244 g/mol. The molecule has 0 atom stereocenters.